The normalized spacial score (nSPS) is 12.5. The van der Waals surface area contributed by atoms with Crippen molar-refractivity contribution in [2.45, 2.75) is 46.8 Å². The molecule has 0 aliphatic rings. The zero-order valence-electron chi connectivity index (χ0n) is 12.0. The summed E-state index contributed by atoms with van der Waals surface area (Å²) in [6, 6.07) is 0. The molecule has 0 unspecified atom stereocenters. The molecule has 0 aliphatic heterocycles. The molecule has 4 nitrogen and oxygen atoms in total. The summed E-state index contributed by atoms with van der Waals surface area (Å²) < 4.78 is 15.9. The summed E-state index contributed by atoms with van der Waals surface area (Å²) in [6.45, 7) is 13.1. The highest BCUT2D eigenvalue weighted by molar-refractivity contribution is 5.70. The van der Waals surface area contributed by atoms with Crippen molar-refractivity contribution < 1.29 is 19.0 Å². The van der Waals surface area contributed by atoms with Crippen LogP contribution in [0, 0.1) is 5.92 Å². The number of carbonyl (C=O) groups is 1. The van der Waals surface area contributed by atoms with Gasteiger partial charge in [0.25, 0.3) is 0 Å². The van der Waals surface area contributed by atoms with Crippen molar-refractivity contribution in [3.63, 3.8) is 0 Å². The van der Waals surface area contributed by atoms with Gasteiger partial charge in [0, 0.05) is 19.6 Å². The van der Waals surface area contributed by atoms with E-state index in [-0.39, 0.29) is 18.2 Å². The van der Waals surface area contributed by atoms with Gasteiger partial charge in [-0.2, -0.15) is 0 Å². The van der Waals surface area contributed by atoms with E-state index in [1.54, 1.807) is 6.92 Å². The van der Waals surface area contributed by atoms with Crippen molar-refractivity contribution >= 4 is 5.97 Å². The number of allylic oxidation sites excluding steroid dienone is 1. The number of esters is 1. The van der Waals surface area contributed by atoms with Gasteiger partial charge in [0.05, 0.1) is 13.0 Å². The topological polar surface area (TPSA) is 44.8 Å². The molecule has 0 heterocycles. The van der Waals surface area contributed by atoms with E-state index in [0.29, 0.717) is 32.7 Å². The first kappa shape index (κ1) is 17.1. The largest absolute Gasteiger partial charge is 0.466 e. The highest BCUT2D eigenvalue weighted by atomic mass is 16.7. The molecule has 0 saturated carbocycles. The van der Waals surface area contributed by atoms with Crippen LogP contribution in [0.4, 0.5) is 0 Å². The third-order valence-corrected chi connectivity index (χ3v) is 2.60. The van der Waals surface area contributed by atoms with E-state index in [9.17, 15) is 4.79 Å². The molecule has 0 spiro atoms. The minimum absolute atomic E-state index is 0.0344. The van der Waals surface area contributed by atoms with E-state index >= 15 is 0 Å². The average molecular weight is 258 g/mol. The van der Waals surface area contributed by atoms with Crippen LogP contribution in [0.25, 0.3) is 0 Å². The van der Waals surface area contributed by atoms with Gasteiger partial charge in [-0.25, -0.2) is 0 Å². The molecule has 1 atom stereocenters. The maximum absolute atomic E-state index is 11.5. The molecule has 0 aromatic heterocycles. The summed E-state index contributed by atoms with van der Waals surface area (Å²) in [5, 5.41) is 0. The Balaban J connectivity index is 4.39. The van der Waals surface area contributed by atoms with Gasteiger partial charge in [-0.1, -0.05) is 12.2 Å². The molecule has 4 heteroatoms. The second-order valence-corrected chi connectivity index (χ2v) is 4.13. The fourth-order valence-electron chi connectivity index (χ4n) is 1.67. The third kappa shape index (κ3) is 7.45. The molecule has 0 N–H and O–H groups in total. The summed E-state index contributed by atoms with van der Waals surface area (Å²) in [6.07, 6.45) is 0.687. The molecular weight excluding hydrogens is 232 g/mol. The molecule has 0 aromatic rings. The number of rotatable bonds is 10. The minimum Gasteiger partial charge on any atom is -0.466 e. The minimum atomic E-state index is -0.281. The number of ether oxygens (including phenoxy) is 3. The monoisotopic (exact) mass is 258 g/mol. The molecule has 0 aliphatic carbocycles. The summed E-state index contributed by atoms with van der Waals surface area (Å²) in [5.41, 5.74) is 0.951. The molecule has 0 radical (unpaired) electrons. The molecular formula is C14H26O4. The number of hydrogen-bond donors (Lipinski definition) is 0. The Morgan fingerprint density at radius 3 is 2.06 bits per heavy atom. The van der Waals surface area contributed by atoms with Crippen LogP contribution in [0.3, 0.4) is 0 Å². The van der Waals surface area contributed by atoms with Crippen LogP contribution < -0.4 is 0 Å². The van der Waals surface area contributed by atoms with Crippen molar-refractivity contribution in [3.05, 3.63) is 12.2 Å². The molecule has 0 bridgehead atoms. The van der Waals surface area contributed by atoms with Crippen LogP contribution in [-0.2, 0) is 19.0 Å². The van der Waals surface area contributed by atoms with E-state index in [0.717, 1.165) is 5.57 Å². The lowest BCUT2D eigenvalue weighted by Crippen LogP contribution is -2.23. The second-order valence-electron chi connectivity index (χ2n) is 4.13. The lowest BCUT2D eigenvalue weighted by molar-refractivity contribution is -0.151. The Bertz CT molecular complexity index is 244. The number of carbonyl (C=O) groups excluding carboxylic acids is 1. The lowest BCUT2D eigenvalue weighted by Gasteiger charge is -2.23. The van der Waals surface area contributed by atoms with E-state index in [1.165, 1.54) is 0 Å². The van der Waals surface area contributed by atoms with Crippen LogP contribution >= 0.6 is 0 Å². The van der Waals surface area contributed by atoms with Gasteiger partial charge in [0.15, 0.2) is 6.29 Å². The van der Waals surface area contributed by atoms with Crippen LogP contribution in [0.5, 0.6) is 0 Å². The van der Waals surface area contributed by atoms with E-state index in [1.807, 2.05) is 20.8 Å². The predicted molar refractivity (Wildman–Crippen MR) is 71.2 cm³/mol. The second kappa shape index (κ2) is 10.1. The lowest BCUT2D eigenvalue weighted by atomic mass is 9.94. The zero-order chi connectivity index (χ0) is 14.0. The first-order valence-corrected chi connectivity index (χ1v) is 6.59. The van der Waals surface area contributed by atoms with E-state index in [4.69, 9.17) is 14.2 Å². The maximum Gasteiger partial charge on any atom is 0.306 e. The summed E-state index contributed by atoms with van der Waals surface area (Å²) >= 11 is 0. The van der Waals surface area contributed by atoms with Gasteiger partial charge in [0.1, 0.15) is 0 Å². The Hall–Kier alpha value is -0.870. The van der Waals surface area contributed by atoms with Gasteiger partial charge in [-0.15, -0.1) is 0 Å². The SMILES string of the molecule is C=C(C)[C@@H](CC(=O)OCC)CC(OCC)OCC. The van der Waals surface area contributed by atoms with Crippen LogP contribution in [0.1, 0.15) is 40.5 Å². The molecule has 106 valence electrons. The van der Waals surface area contributed by atoms with Gasteiger partial charge in [-0.3, -0.25) is 4.79 Å². The van der Waals surface area contributed by atoms with Gasteiger partial charge < -0.3 is 14.2 Å². The fourth-order valence-corrected chi connectivity index (χ4v) is 1.67. The Morgan fingerprint density at radius 1 is 1.11 bits per heavy atom. The van der Waals surface area contributed by atoms with Gasteiger partial charge >= 0.3 is 5.97 Å². The molecule has 0 aromatic carbocycles. The van der Waals surface area contributed by atoms with Crippen molar-refractivity contribution in [2.24, 2.45) is 5.92 Å². The average Bonchev–Trinajstić information content (AvgIpc) is 2.29. The smallest absolute Gasteiger partial charge is 0.306 e. The predicted octanol–water partition coefficient (Wildman–Crippen LogP) is 2.92. The number of hydrogen-bond acceptors (Lipinski definition) is 4. The zero-order valence-corrected chi connectivity index (χ0v) is 12.0. The van der Waals surface area contributed by atoms with Crippen molar-refractivity contribution in [2.75, 3.05) is 19.8 Å². The van der Waals surface area contributed by atoms with Gasteiger partial charge in [0.2, 0.25) is 0 Å². The van der Waals surface area contributed by atoms with Crippen LogP contribution in [0.15, 0.2) is 12.2 Å². The molecule has 18 heavy (non-hydrogen) atoms. The molecule has 0 amide bonds. The standard InChI is InChI=1S/C14H26O4/c1-6-16-13(15)9-12(11(4)5)10-14(17-7-2)18-8-3/h12,14H,4,6-10H2,1-3,5H3/t12-/m0/s1. The van der Waals surface area contributed by atoms with E-state index < -0.39 is 0 Å². The van der Waals surface area contributed by atoms with Crippen LogP contribution in [-0.4, -0.2) is 32.1 Å². The van der Waals surface area contributed by atoms with Crippen LogP contribution in [0.2, 0.25) is 0 Å². The Kier molecular flexibility index (Phi) is 9.60. The highest BCUT2D eigenvalue weighted by Gasteiger charge is 2.21. The maximum atomic E-state index is 11.5. The molecule has 0 saturated heterocycles. The Morgan fingerprint density at radius 2 is 1.67 bits per heavy atom. The van der Waals surface area contributed by atoms with Gasteiger partial charge in [-0.05, 0) is 33.6 Å². The summed E-state index contributed by atoms with van der Waals surface area (Å²) in [4.78, 5) is 11.5. The first-order chi connectivity index (χ1) is 8.54. The summed E-state index contributed by atoms with van der Waals surface area (Å²) in [7, 11) is 0. The highest BCUT2D eigenvalue weighted by Crippen LogP contribution is 2.22. The van der Waals surface area contributed by atoms with E-state index in [2.05, 4.69) is 6.58 Å². The Labute approximate surface area is 110 Å². The third-order valence-electron chi connectivity index (χ3n) is 2.60. The quantitative estimate of drug-likeness (QED) is 0.343. The van der Waals surface area contributed by atoms with Crippen molar-refractivity contribution in [1.82, 2.24) is 0 Å². The molecule has 0 rings (SSSR count). The fraction of sp³-hybridized carbons (Fsp3) is 0.786. The summed E-state index contributed by atoms with van der Waals surface area (Å²) in [5.74, 6) is -0.163. The van der Waals surface area contributed by atoms with Crippen molar-refractivity contribution in [3.8, 4) is 0 Å². The van der Waals surface area contributed by atoms with Crippen molar-refractivity contribution in [1.29, 1.82) is 0 Å². The molecule has 0 fully saturated rings. The first-order valence-electron chi connectivity index (χ1n) is 6.59.